The van der Waals surface area contributed by atoms with Crippen LogP contribution in [0.25, 0.3) is 0 Å². The fourth-order valence-corrected chi connectivity index (χ4v) is 0. The maximum Gasteiger partial charge on any atom is 0.187 e. The van der Waals surface area contributed by atoms with Crippen LogP contribution in [-0.2, 0) is 0 Å². The summed E-state index contributed by atoms with van der Waals surface area (Å²) in [6.45, 7) is 0. The van der Waals surface area contributed by atoms with Gasteiger partial charge in [-0.1, -0.05) is 0 Å². The van der Waals surface area contributed by atoms with Gasteiger partial charge in [-0.15, -0.1) is 0 Å². The first-order chi connectivity index (χ1) is 0. The SMILES string of the molecule is [AlH3].[Mg].[Mg].[Mg]. The Morgan fingerprint density at radius 2 is 0.500 bits per heavy atom. The highest BCUT2D eigenvalue weighted by atomic mass is 27.0. The summed E-state index contributed by atoms with van der Waals surface area (Å²) in [6, 6.07) is 0. The second-order valence-corrected chi connectivity index (χ2v) is 0. The van der Waals surface area contributed by atoms with E-state index in [1.54, 1.807) is 0 Å². The fourth-order valence-electron chi connectivity index (χ4n) is 0. The largest absolute Gasteiger partial charge is 0.187 e. The molecule has 0 aromatic carbocycles. The highest BCUT2D eigenvalue weighted by Crippen LogP contribution is -0.378. The normalized spacial score (nSPS) is 0. The highest BCUT2D eigenvalue weighted by molar-refractivity contribution is 5.76. The Bertz CT molecular complexity index is 3.25. The van der Waals surface area contributed by atoms with Crippen molar-refractivity contribution in [2.75, 3.05) is 0 Å². The van der Waals surface area contributed by atoms with E-state index in [1.165, 1.54) is 0 Å². The first-order valence-electron chi connectivity index (χ1n) is 0. The molecule has 0 bridgehead atoms. The lowest BCUT2D eigenvalue weighted by atomic mass is 24.3. The second-order valence-electron chi connectivity index (χ2n) is 0. The van der Waals surface area contributed by atoms with Crippen LogP contribution in [0.15, 0.2) is 0 Å². The Kier molecular flexibility index (Phi) is 123. The molecule has 0 aliphatic rings. The Morgan fingerprint density at radius 1 is 0.500 bits per heavy atom. The zero-order valence-corrected chi connectivity index (χ0v) is 6.36. The molecule has 0 aliphatic heterocycles. The predicted octanol–water partition coefficient (Wildman–Crippen LogP) is -2.33. The summed E-state index contributed by atoms with van der Waals surface area (Å²) < 4.78 is 0. The molecule has 4 heavy (non-hydrogen) atoms. The minimum Gasteiger partial charge on any atom is 0 e. The van der Waals surface area contributed by atoms with Crippen molar-refractivity contribution in [2.45, 2.75) is 0 Å². The van der Waals surface area contributed by atoms with Gasteiger partial charge >= 0.3 is 0 Å². The highest BCUT2D eigenvalue weighted by Gasteiger charge is 0.187. The zero-order chi connectivity index (χ0) is 0. The molecule has 0 unspecified atom stereocenters. The number of hydrogen-bond donors (Lipinski definition) is 0. The van der Waals surface area contributed by atoms with Crippen LogP contribution in [-0.4, -0.2) is 86.5 Å². The van der Waals surface area contributed by atoms with Crippen LogP contribution in [0.1, 0.15) is 0 Å². The number of hydrogen-bond acceptors (Lipinski definition) is 0. The van der Waals surface area contributed by atoms with Gasteiger partial charge in [0.15, 0.2) is 17.4 Å². The van der Waals surface area contributed by atoms with Crippen molar-refractivity contribution in [3.63, 3.8) is 0 Å². The molecule has 0 aromatic rings. The molecule has 6 radical (unpaired) electrons. The molecule has 4 heteroatoms. The van der Waals surface area contributed by atoms with Crippen LogP contribution in [0.4, 0.5) is 0 Å². The van der Waals surface area contributed by atoms with Gasteiger partial charge in [0.2, 0.25) is 0 Å². The summed E-state index contributed by atoms with van der Waals surface area (Å²) in [6.07, 6.45) is 0. The van der Waals surface area contributed by atoms with E-state index in [9.17, 15) is 0 Å². The summed E-state index contributed by atoms with van der Waals surface area (Å²) in [5.74, 6) is 0. The van der Waals surface area contributed by atoms with E-state index in [-0.39, 0.29) is 86.5 Å². The minimum atomic E-state index is 0. The van der Waals surface area contributed by atoms with E-state index < -0.39 is 0 Å². The summed E-state index contributed by atoms with van der Waals surface area (Å²) in [5, 5.41) is 0. The van der Waals surface area contributed by atoms with E-state index in [4.69, 9.17) is 0 Å². The standard InChI is InChI=1S/Al.3Mg.3H. The topological polar surface area (TPSA) is 0 Å². The van der Waals surface area contributed by atoms with E-state index in [0.29, 0.717) is 0 Å². The quantitative estimate of drug-likeness (QED) is 0.302. The van der Waals surface area contributed by atoms with E-state index in [2.05, 4.69) is 0 Å². The van der Waals surface area contributed by atoms with E-state index >= 15 is 0 Å². The van der Waals surface area contributed by atoms with Gasteiger partial charge in [0, 0.05) is 69.2 Å². The van der Waals surface area contributed by atoms with Crippen LogP contribution in [0.3, 0.4) is 0 Å². The Hall–Kier alpha value is 2.83. The predicted molar refractivity (Wildman–Crippen MR) is 27.2 cm³/mol. The van der Waals surface area contributed by atoms with Gasteiger partial charge < -0.3 is 0 Å². The van der Waals surface area contributed by atoms with Gasteiger partial charge in [-0.25, -0.2) is 0 Å². The summed E-state index contributed by atoms with van der Waals surface area (Å²) in [7, 11) is 0. The summed E-state index contributed by atoms with van der Waals surface area (Å²) in [5.41, 5.74) is 0. The van der Waals surface area contributed by atoms with E-state index in [1.807, 2.05) is 0 Å². The molecule has 0 N–H and O–H groups in total. The molecule has 0 aliphatic carbocycles. The van der Waals surface area contributed by atoms with Crippen LogP contribution < -0.4 is 0 Å². The van der Waals surface area contributed by atoms with Crippen LogP contribution in [0.2, 0.25) is 0 Å². The molecule has 0 saturated carbocycles. The third-order valence-corrected chi connectivity index (χ3v) is 0. The Labute approximate surface area is 85.1 Å². The summed E-state index contributed by atoms with van der Waals surface area (Å²) in [4.78, 5) is 0. The number of rotatable bonds is 0. The average molecular weight is 103 g/mol. The van der Waals surface area contributed by atoms with Crippen molar-refractivity contribution in [2.24, 2.45) is 0 Å². The molecule has 0 aromatic heterocycles. The lowest BCUT2D eigenvalue weighted by Gasteiger charge is -0.00100. The molecule has 0 saturated heterocycles. The van der Waals surface area contributed by atoms with Gasteiger partial charge in [0.25, 0.3) is 0 Å². The molecule has 0 rings (SSSR count). The molecule has 0 nitrogen and oxygen atoms in total. The van der Waals surface area contributed by atoms with Crippen LogP contribution >= 0.6 is 0 Å². The first kappa shape index (κ1) is 29.0. The van der Waals surface area contributed by atoms with Crippen molar-refractivity contribution in [1.82, 2.24) is 0 Å². The van der Waals surface area contributed by atoms with Crippen molar-refractivity contribution in [3.8, 4) is 0 Å². The molecule has 0 fully saturated rings. The molecule has 0 amide bonds. The lowest BCUT2D eigenvalue weighted by molar-refractivity contribution is 5.75. The minimum absolute atomic E-state index is 0. The molecule has 0 spiro atoms. The third-order valence-electron chi connectivity index (χ3n) is 0. The van der Waals surface area contributed by atoms with Crippen LogP contribution in [0.5, 0.6) is 0 Å². The Morgan fingerprint density at radius 3 is 0.500 bits per heavy atom. The molecule has 0 atom stereocenters. The third kappa shape index (κ3) is 8.85. The monoisotopic (exact) mass is 102 g/mol. The molecular formula is H3AlMg3. The zero-order valence-electron chi connectivity index (χ0n) is 2.12. The van der Waals surface area contributed by atoms with Crippen molar-refractivity contribution in [3.05, 3.63) is 0 Å². The molecule has 12 valence electrons. The van der Waals surface area contributed by atoms with Gasteiger partial charge in [-0.3, -0.25) is 0 Å². The van der Waals surface area contributed by atoms with Gasteiger partial charge in [-0.2, -0.15) is 0 Å². The smallest absolute Gasteiger partial charge is 0 e. The summed E-state index contributed by atoms with van der Waals surface area (Å²) >= 11 is 0. The lowest BCUT2D eigenvalue weighted by Crippen LogP contribution is -0.382. The van der Waals surface area contributed by atoms with Crippen molar-refractivity contribution >= 4 is 86.5 Å². The van der Waals surface area contributed by atoms with Crippen molar-refractivity contribution in [1.29, 1.82) is 0 Å². The van der Waals surface area contributed by atoms with Crippen molar-refractivity contribution < 1.29 is 0 Å². The first-order valence-corrected chi connectivity index (χ1v) is 0. The molecule has 0 heterocycles. The fraction of sp³-hybridized carbons (Fsp3) is 0. The van der Waals surface area contributed by atoms with Gasteiger partial charge in [0.05, 0.1) is 0 Å². The second kappa shape index (κ2) is 17.0. The molecular weight excluding hydrogens is 99.9 g/mol. The average Bonchev–Trinajstić information content (AvgIpc) is 0. The maximum absolute atomic E-state index is 0. The Balaban J connectivity index is 0. The van der Waals surface area contributed by atoms with Gasteiger partial charge in [0.1, 0.15) is 0 Å². The van der Waals surface area contributed by atoms with Crippen LogP contribution in [0, 0.1) is 0 Å². The van der Waals surface area contributed by atoms with Gasteiger partial charge in [-0.05, 0) is 0 Å². The van der Waals surface area contributed by atoms with E-state index in [0.717, 1.165) is 0 Å². The maximum atomic E-state index is 0.